The number of amides is 1. The number of ether oxygens (including phenoxy) is 1. The van der Waals surface area contributed by atoms with E-state index in [2.05, 4.69) is 10.5 Å². The van der Waals surface area contributed by atoms with Crippen molar-refractivity contribution in [2.45, 2.75) is 32.0 Å². The van der Waals surface area contributed by atoms with Gasteiger partial charge in [-0.1, -0.05) is 0 Å². The molecule has 0 aromatic carbocycles. The summed E-state index contributed by atoms with van der Waals surface area (Å²) in [5, 5.41) is 8.05. The Labute approximate surface area is 145 Å². The van der Waals surface area contributed by atoms with E-state index in [9.17, 15) is 9.59 Å². The number of hydrogen-bond acceptors (Lipinski definition) is 5. The number of nitrogens with zero attached hydrogens (tertiary/aromatic N) is 3. The van der Waals surface area contributed by atoms with E-state index in [1.807, 2.05) is 23.3 Å². The molecule has 3 heterocycles. The molecule has 1 aliphatic rings. The average Bonchev–Trinajstić information content (AvgIpc) is 3.23. The van der Waals surface area contributed by atoms with Gasteiger partial charge in [0.25, 0.3) is 0 Å². The van der Waals surface area contributed by atoms with E-state index in [0.29, 0.717) is 18.7 Å². The highest BCUT2D eigenvalue weighted by Crippen LogP contribution is 2.27. The molecule has 7 heteroatoms. The molecule has 1 fully saturated rings. The van der Waals surface area contributed by atoms with Crippen LogP contribution < -0.4 is 0 Å². The van der Waals surface area contributed by atoms with E-state index < -0.39 is 0 Å². The third-order valence-electron chi connectivity index (χ3n) is 4.12. The molecule has 0 radical (unpaired) electrons. The van der Waals surface area contributed by atoms with Crippen LogP contribution in [0.1, 0.15) is 41.8 Å². The van der Waals surface area contributed by atoms with Gasteiger partial charge in [0.15, 0.2) is 5.78 Å². The highest BCUT2D eigenvalue weighted by atomic mass is 32.1. The van der Waals surface area contributed by atoms with Crippen LogP contribution in [0.4, 0.5) is 0 Å². The van der Waals surface area contributed by atoms with Gasteiger partial charge in [-0.3, -0.25) is 14.3 Å². The maximum Gasteiger partial charge on any atom is 0.223 e. The van der Waals surface area contributed by atoms with Gasteiger partial charge in [-0.05, 0) is 29.3 Å². The maximum absolute atomic E-state index is 12.5. The maximum atomic E-state index is 12.5. The Morgan fingerprint density at radius 1 is 1.38 bits per heavy atom. The van der Waals surface area contributed by atoms with Crippen molar-refractivity contribution in [3.63, 3.8) is 0 Å². The zero-order chi connectivity index (χ0) is 17.1. The van der Waals surface area contributed by atoms with E-state index in [1.165, 1.54) is 6.20 Å². The predicted molar refractivity (Wildman–Crippen MR) is 91.0 cm³/mol. The number of morpholine rings is 1. The molecule has 0 bridgehead atoms. The number of thiophene rings is 1. The Bertz CT molecular complexity index is 710. The van der Waals surface area contributed by atoms with E-state index >= 15 is 0 Å². The summed E-state index contributed by atoms with van der Waals surface area (Å²) in [4.78, 5) is 26.4. The molecule has 0 saturated carbocycles. The van der Waals surface area contributed by atoms with Gasteiger partial charge >= 0.3 is 0 Å². The van der Waals surface area contributed by atoms with E-state index in [0.717, 1.165) is 5.56 Å². The minimum Gasteiger partial charge on any atom is -0.367 e. The van der Waals surface area contributed by atoms with Crippen molar-refractivity contribution in [1.82, 2.24) is 14.7 Å². The van der Waals surface area contributed by atoms with Crippen LogP contribution in [0, 0.1) is 0 Å². The van der Waals surface area contributed by atoms with Crippen molar-refractivity contribution in [1.29, 1.82) is 0 Å². The standard InChI is InChI=1S/C17H21N3O3S/c1-12-8-20(10-16(23-12)13-5-6-24-11-13)17(22)4-3-15(21)14-7-18-19(2)9-14/h5-7,9,11-12,16H,3-4,8,10H2,1-2H3/t12-,16-/m1/s1. The van der Waals surface area contributed by atoms with E-state index in [1.54, 1.807) is 29.3 Å². The van der Waals surface area contributed by atoms with Crippen molar-refractivity contribution < 1.29 is 14.3 Å². The van der Waals surface area contributed by atoms with Crippen LogP contribution in [0.3, 0.4) is 0 Å². The fraction of sp³-hybridized carbons (Fsp3) is 0.471. The van der Waals surface area contributed by atoms with Crippen LogP contribution in [0.15, 0.2) is 29.2 Å². The Kier molecular flexibility index (Phi) is 5.11. The van der Waals surface area contributed by atoms with E-state index in [-0.39, 0.29) is 36.7 Å². The number of aryl methyl sites for hydroxylation is 1. The monoisotopic (exact) mass is 347 g/mol. The molecule has 0 unspecified atom stereocenters. The topological polar surface area (TPSA) is 64.4 Å². The summed E-state index contributed by atoms with van der Waals surface area (Å²) in [6, 6.07) is 2.03. The lowest BCUT2D eigenvalue weighted by Gasteiger charge is -2.36. The first-order valence-electron chi connectivity index (χ1n) is 8.00. The Balaban J connectivity index is 1.57. The van der Waals surface area contributed by atoms with Gasteiger partial charge in [0.2, 0.25) is 5.91 Å². The van der Waals surface area contributed by atoms with Gasteiger partial charge in [-0.15, -0.1) is 0 Å². The first kappa shape index (κ1) is 16.9. The van der Waals surface area contributed by atoms with Crippen molar-refractivity contribution in [3.8, 4) is 0 Å². The first-order chi connectivity index (χ1) is 11.5. The summed E-state index contributed by atoms with van der Waals surface area (Å²) in [6.07, 6.45) is 3.54. The number of ketones is 1. The summed E-state index contributed by atoms with van der Waals surface area (Å²) in [6.45, 7) is 3.08. The van der Waals surface area contributed by atoms with Crippen LogP contribution >= 0.6 is 11.3 Å². The fourth-order valence-electron chi connectivity index (χ4n) is 2.89. The second kappa shape index (κ2) is 7.27. The van der Waals surface area contributed by atoms with Crippen LogP contribution in [0.25, 0.3) is 0 Å². The quantitative estimate of drug-likeness (QED) is 0.779. The number of carbonyl (C=O) groups is 2. The van der Waals surface area contributed by atoms with Crippen LogP contribution in [0.2, 0.25) is 0 Å². The summed E-state index contributed by atoms with van der Waals surface area (Å²) >= 11 is 1.62. The molecule has 2 aromatic rings. The van der Waals surface area contributed by atoms with Crippen molar-refractivity contribution >= 4 is 23.0 Å². The molecule has 128 valence electrons. The summed E-state index contributed by atoms with van der Waals surface area (Å²) in [5.74, 6) is -0.0465. The molecule has 3 rings (SSSR count). The largest absolute Gasteiger partial charge is 0.367 e. The molecule has 1 amide bonds. The molecule has 6 nitrogen and oxygen atoms in total. The van der Waals surface area contributed by atoms with Gasteiger partial charge in [-0.25, -0.2) is 0 Å². The molecule has 0 N–H and O–H groups in total. The normalized spacial score (nSPS) is 21.0. The van der Waals surface area contributed by atoms with E-state index in [4.69, 9.17) is 4.74 Å². The minimum absolute atomic E-state index is 0.00243. The van der Waals surface area contributed by atoms with Gasteiger partial charge in [0.05, 0.1) is 24.4 Å². The molecule has 24 heavy (non-hydrogen) atoms. The average molecular weight is 347 g/mol. The minimum atomic E-state index is -0.0852. The van der Waals surface area contributed by atoms with Crippen LogP contribution in [-0.4, -0.2) is 45.6 Å². The number of hydrogen-bond donors (Lipinski definition) is 0. The van der Waals surface area contributed by atoms with Gasteiger partial charge in [-0.2, -0.15) is 16.4 Å². The van der Waals surface area contributed by atoms with Gasteiger partial charge < -0.3 is 9.64 Å². The van der Waals surface area contributed by atoms with Crippen molar-refractivity contribution in [2.24, 2.45) is 7.05 Å². The van der Waals surface area contributed by atoms with Gasteiger partial charge in [0, 0.05) is 32.6 Å². The molecule has 0 spiro atoms. The first-order valence-corrected chi connectivity index (χ1v) is 8.94. The molecule has 1 aliphatic heterocycles. The summed E-state index contributed by atoms with van der Waals surface area (Å²) < 4.78 is 7.53. The lowest BCUT2D eigenvalue weighted by atomic mass is 10.1. The summed E-state index contributed by atoms with van der Waals surface area (Å²) in [5.41, 5.74) is 1.66. The molecular weight excluding hydrogens is 326 g/mol. The zero-order valence-corrected chi connectivity index (χ0v) is 14.7. The predicted octanol–water partition coefficient (Wildman–Crippen LogP) is 2.43. The van der Waals surface area contributed by atoms with Crippen molar-refractivity contribution in [3.05, 3.63) is 40.3 Å². The number of Topliss-reactive ketones (excluding diaryl/α,β-unsaturated/α-hetero) is 1. The Hall–Kier alpha value is -1.99. The fourth-order valence-corrected chi connectivity index (χ4v) is 3.59. The SMILES string of the molecule is C[C@@H]1CN(C(=O)CCC(=O)c2cnn(C)c2)C[C@H](c2ccsc2)O1. The molecule has 2 atom stereocenters. The smallest absolute Gasteiger partial charge is 0.223 e. The zero-order valence-electron chi connectivity index (χ0n) is 13.8. The molecule has 0 aliphatic carbocycles. The number of aromatic nitrogens is 2. The van der Waals surface area contributed by atoms with Gasteiger partial charge in [0.1, 0.15) is 6.10 Å². The second-order valence-electron chi connectivity index (χ2n) is 6.12. The number of rotatable bonds is 5. The lowest BCUT2D eigenvalue weighted by Crippen LogP contribution is -2.45. The highest BCUT2D eigenvalue weighted by Gasteiger charge is 2.29. The molecular formula is C17H21N3O3S. The third kappa shape index (κ3) is 3.91. The lowest BCUT2D eigenvalue weighted by molar-refractivity contribution is -0.144. The van der Waals surface area contributed by atoms with Crippen LogP contribution in [0.5, 0.6) is 0 Å². The second-order valence-corrected chi connectivity index (χ2v) is 6.90. The van der Waals surface area contributed by atoms with Crippen molar-refractivity contribution in [2.75, 3.05) is 13.1 Å². The highest BCUT2D eigenvalue weighted by molar-refractivity contribution is 7.07. The summed E-state index contributed by atoms with van der Waals surface area (Å²) in [7, 11) is 1.77. The molecule has 2 aromatic heterocycles. The Morgan fingerprint density at radius 3 is 2.88 bits per heavy atom. The number of carbonyl (C=O) groups excluding carboxylic acids is 2. The molecule has 1 saturated heterocycles. The third-order valence-corrected chi connectivity index (χ3v) is 4.82. The Morgan fingerprint density at radius 2 is 2.21 bits per heavy atom. The van der Waals surface area contributed by atoms with Crippen LogP contribution in [-0.2, 0) is 16.6 Å².